The van der Waals surface area contributed by atoms with Crippen LogP contribution in [0.15, 0.2) is 42.6 Å². The van der Waals surface area contributed by atoms with E-state index in [1.165, 1.54) is 32.4 Å². The summed E-state index contributed by atoms with van der Waals surface area (Å²) in [6.07, 6.45) is 4.25. The molecule has 0 aliphatic carbocycles. The molecule has 0 saturated heterocycles. The zero-order valence-electron chi connectivity index (χ0n) is 19.7. The highest BCUT2D eigenvalue weighted by atomic mass is 35.5. The molecule has 190 valence electrons. The van der Waals surface area contributed by atoms with E-state index in [9.17, 15) is 14.4 Å². The van der Waals surface area contributed by atoms with Crippen molar-refractivity contribution in [2.45, 2.75) is 26.7 Å². The fourth-order valence-corrected chi connectivity index (χ4v) is 3.69. The highest BCUT2D eigenvalue weighted by Gasteiger charge is 2.24. The molecule has 3 rings (SSSR count). The first-order valence-corrected chi connectivity index (χ1v) is 11.2. The monoisotopic (exact) mass is 520 g/mol. The van der Waals surface area contributed by atoms with E-state index < -0.39 is 40.0 Å². The van der Waals surface area contributed by atoms with Crippen molar-refractivity contribution in [3.8, 4) is 17.0 Å². The number of anilines is 3. The Labute approximate surface area is 210 Å². The van der Waals surface area contributed by atoms with Crippen molar-refractivity contribution < 1.29 is 27.9 Å². The minimum Gasteiger partial charge on any atom is -0.479 e. The van der Waals surface area contributed by atoms with Crippen LogP contribution in [0.4, 0.5) is 30.2 Å². The number of pyridine rings is 1. The molecule has 1 heterocycles. The largest absolute Gasteiger partial charge is 0.479 e. The van der Waals surface area contributed by atoms with E-state index in [1.807, 2.05) is 6.92 Å². The summed E-state index contributed by atoms with van der Waals surface area (Å²) in [7, 11) is 1.30. The van der Waals surface area contributed by atoms with Gasteiger partial charge in [0.1, 0.15) is 5.82 Å². The quantitative estimate of drug-likeness (QED) is 0.170. The van der Waals surface area contributed by atoms with E-state index in [0.717, 1.165) is 24.6 Å². The minimum atomic E-state index is -1.21. The Hall–Kier alpha value is -3.76. The number of aromatic nitrogens is 1. The summed E-state index contributed by atoms with van der Waals surface area (Å²) >= 11 is 5.91. The smallest absolute Gasteiger partial charge is 0.242 e. The molecule has 4 N–H and O–H groups in total. The number of nitrogens with one attached hydrogen (secondary N) is 1. The van der Waals surface area contributed by atoms with Gasteiger partial charge < -0.3 is 10.5 Å². The highest BCUT2D eigenvalue weighted by molar-refractivity contribution is 6.30. The number of halogens is 4. The maximum Gasteiger partial charge on any atom is 0.242 e. The molecule has 0 radical (unpaired) electrons. The number of ketones is 1. The van der Waals surface area contributed by atoms with Gasteiger partial charge in [0.05, 0.1) is 29.1 Å². The number of rotatable bonds is 9. The lowest BCUT2D eigenvalue weighted by atomic mass is 9.94. The van der Waals surface area contributed by atoms with E-state index in [4.69, 9.17) is 22.1 Å². The van der Waals surface area contributed by atoms with Gasteiger partial charge >= 0.3 is 0 Å². The van der Waals surface area contributed by atoms with Gasteiger partial charge in [0.25, 0.3) is 0 Å². The Kier molecular flexibility index (Phi) is 8.44. The molecule has 0 fully saturated rings. The molecule has 36 heavy (non-hydrogen) atoms. The minimum absolute atomic E-state index is 0.0380. The summed E-state index contributed by atoms with van der Waals surface area (Å²) in [4.78, 5) is 16.0. The molecule has 0 spiro atoms. The van der Waals surface area contributed by atoms with Crippen LogP contribution >= 0.6 is 11.6 Å². The summed E-state index contributed by atoms with van der Waals surface area (Å²) in [5.74, 6) is -3.72. The Morgan fingerprint density at radius 1 is 1.25 bits per heavy atom. The summed E-state index contributed by atoms with van der Waals surface area (Å²) in [5.41, 5.74) is 6.59. The lowest BCUT2D eigenvalue weighted by molar-refractivity contribution is -0.111. The normalized spacial score (nSPS) is 11.4. The molecule has 2 aromatic carbocycles. The third-order valence-electron chi connectivity index (χ3n) is 5.29. The van der Waals surface area contributed by atoms with Gasteiger partial charge in [0, 0.05) is 22.9 Å². The number of carbonyl (C=O) groups is 1. The number of methoxy groups -OCH3 is 1. The average molecular weight is 521 g/mol. The van der Waals surface area contributed by atoms with E-state index in [1.54, 1.807) is 6.08 Å². The number of nitrogen functional groups attached to an aromatic ring is 1. The molecule has 7 nitrogen and oxygen atoms in total. The maximum atomic E-state index is 15.4. The lowest BCUT2D eigenvalue weighted by Crippen LogP contribution is -2.27. The Morgan fingerprint density at radius 2 is 1.97 bits per heavy atom. The second-order valence-electron chi connectivity index (χ2n) is 7.74. The first-order valence-electron chi connectivity index (χ1n) is 10.8. The SMILES string of the molecule is CCC/C=C(/C(C)=O)c1ccc(-c2c(F)ccc(NN(O)c3cc(Cl)cnc3OC)c2F)c(F)c1N. The summed E-state index contributed by atoms with van der Waals surface area (Å²) in [6.45, 7) is 3.24. The van der Waals surface area contributed by atoms with Crippen molar-refractivity contribution in [2.24, 2.45) is 0 Å². The van der Waals surface area contributed by atoms with Crippen LogP contribution in [0.3, 0.4) is 0 Å². The number of benzene rings is 2. The molecule has 0 amide bonds. The Balaban J connectivity index is 2.06. The first kappa shape index (κ1) is 26.8. The molecule has 0 saturated carbocycles. The standard InChI is InChI=1S/C25H24ClF3N4O3/c1-4-5-6-15(13(2)34)16-7-8-17(22(28)24(16)30)21-18(27)9-10-19(23(21)29)32-33(35)20-11-14(26)12-31-25(20)36-3/h6-12,32,35H,4-5,30H2,1-3H3/b15-6-. The van der Waals surface area contributed by atoms with Gasteiger partial charge in [-0.15, -0.1) is 0 Å². The van der Waals surface area contributed by atoms with Crippen LogP contribution in [-0.4, -0.2) is 23.1 Å². The van der Waals surface area contributed by atoms with Crippen molar-refractivity contribution >= 4 is 40.0 Å². The molecule has 0 aliphatic heterocycles. The fraction of sp³-hybridized carbons (Fsp3) is 0.200. The van der Waals surface area contributed by atoms with Crippen molar-refractivity contribution in [1.29, 1.82) is 0 Å². The van der Waals surface area contributed by atoms with Gasteiger partial charge in [-0.2, -0.15) is 5.17 Å². The highest BCUT2D eigenvalue weighted by Crippen LogP contribution is 2.38. The number of hydrogen-bond acceptors (Lipinski definition) is 7. The van der Waals surface area contributed by atoms with Crippen LogP contribution in [0.25, 0.3) is 16.7 Å². The zero-order chi connectivity index (χ0) is 26.6. The summed E-state index contributed by atoms with van der Waals surface area (Å²) in [6, 6.07) is 5.69. The molecule has 0 aliphatic rings. The zero-order valence-corrected chi connectivity index (χ0v) is 20.5. The van der Waals surface area contributed by atoms with Crippen LogP contribution in [0.5, 0.6) is 5.88 Å². The van der Waals surface area contributed by atoms with Gasteiger partial charge in [-0.25, -0.2) is 18.2 Å². The number of hydrogen-bond donors (Lipinski definition) is 3. The predicted molar refractivity (Wildman–Crippen MR) is 133 cm³/mol. The van der Waals surface area contributed by atoms with Gasteiger partial charge in [0.15, 0.2) is 23.1 Å². The molecule has 0 unspecified atom stereocenters. The maximum absolute atomic E-state index is 15.4. The Bertz CT molecular complexity index is 1330. The van der Waals surface area contributed by atoms with Gasteiger partial charge in [-0.1, -0.05) is 43.2 Å². The van der Waals surface area contributed by atoms with Gasteiger partial charge in [0.2, 0.25) is 5.88 Å². The van der Waals surface area contributed by atoms with Crippen LogP contribution in [0.2, 0.25) is 5.02 Å². The second-order valence-corrected chi connectivity index (χ2v) is 8.18. The molecular weight excluding hydrogens is 497 g/mol. The molecular formula is C25H24ClF3N4O3. The molecule has 0 bridgehead atoms. The number of hydrazine groups is 1. The lowest BCUT2D eigenvalue weighted by Gasteiger charge is -2.22. The van der Waals surface area contributed by atoms with Crippen molar-refractivity contribution in [3.63, 3.8) is 0 Å². The third-order valence-corrected chi connectivity index (χ3v) is 5.50. The molecule has 3 aromatic rings. The van der Waals surface area contributed by atoms with Gasteiger partial charge in [-0.3, -0.25) is 15.4 Å². The number of nitrogens with zero attached hydrogens (tertiary/aromatic N) is 2. The average Bonchev–Trinajstić information content (AvgIpc) is 2.84. The van der Waals surface area contributed by atoms with Crippen molar-refractivity contribution in [1.82, 2.24) is 4.98 Å². The van der Waals surface area contributed by atoms with E-state index in [-0.39, 0.29) is 33.5 Å². The predicted octanol–water partition coefficient (Wildman–Crippen LogP) is 6.41. The number of ether oxygens (including phenoxy) is 1. The van der Waals surface area contributed by atoms with Gasteiger partial charge in [-0.05, 0) is 31.5 Å². The number of allylic oxidation sites excluding steroid dienone is 2. The third kappa shape index (κ3) is 5.39. The van der Waals surface area contributed by atoms with Crippen LogP contribution < -0.4 is 21.1 Å². The number of carbonyl (C=O) groups excluding carboxylic acids is 1. The van der Waals surface area contributed by atoms with E-state index >= 15 is 8.78 Å². The molecule has 0 atom stereocenters. The molecule has 11 heteroatoms. The fourth-order valence-electron chi connectivity index (χ4n) is 3.54. The van der Waals surface area contributed by atoms with Crippen LogP contribution in [0.1, 0.15) is 32.3 Å². The van der Waals surface area contributed by atoms with Crippen molar-refractivity contribution in [3.05, 3.63) is 70.6 Å². The van der Waals surface area contributed by atoms with E-state index in [2.05, 4.69) is 10.4 Å². The number of unbranched alkanes of at least 4 members (excludes halogenated alkanes) is 1. The Morgan fingerprint density at radius 3 is 2.61 bits per heavy atom. The van der Waals surface area contributed by atoms with Crippen molar-refractivity contribution in [2.75, 3.05) is 23.4 Å². The summed E-state index contributed by atoms with van der Waals surface area (Å²) < 4.78 is 50.6. The second kappa shape index (κ2) is 11.3. The summed E-state index contributed by atoms with van der Waals surface area (Å²) in [5, 5.41) is 11.0. The van der Waals surface area contributed by atoms with Crippen LogP contribution in [0, 0.1) is 17.5 Å². The van der Waals surface area contributed by atoms with E-state index in [0.29, 0.717) is 11.6 Å². The van der Waals surface area contributed by atoms with Crippen LogP contribution in [-0.2, 0) is 4.79 Å². The topological polar surface area (TPSA) is 101 Å². The number of nitrogens with two attached hydrogens (primary N) is 1. The first-order chi connectivity index (χ1) is 17.1. The molecule has 1 aromatic heterocycles. The number of Topliss-reactive ketones (excluding diaryl/α,β-unsaturated/α-hetero) is 1.